The zero-order valence-electron chi connectivity index (χ0n) is 14.1. The lowest BCUT2D eigenvalue weighted by molar-refractivity contribution is 0.518. The van der Waals surface area contributed by atoms with Crippen molar-refractivity contribution in [3.8, 4) is 0 Å². The van der Waals surface area contributed by atoms with E-state index in [-0.39, 0.29) is 0 Å². The maximum Gasteiger partial charge on any atom is 0.0738 e. The summed E-state index contributed by atoms with van der Waals surface area (Å²) in [5.41, 5.74) is 2.42. The molecule has 0 spiro atoms. The van der Waals surface area contributed by atoms with E-state index in [1.165, 1.54) is 28.1 Å². The Hall–Kier alpha value is 0. The minimum Gasteiger partial charge on any atom is -0.313 e. The van der Waals surface area contributed by atoms with Gasteiger partial charge in [-0.15, -0.1) is 0 Å². The van der Waals surface area contributed by atoms with Gasteiger partial charge in [-0.2, -0.15) is 16.9 Å². The van der Waals surface area contributed by atoms with Crippen LogP contribution in [0.25, 0.3) is 0 Å². The standard InChI is InChI=1S/C16H30BrN3S/c1-6-8-18-14(11-21-10-12(3)4)9-15-16(17)13(5)19-20(15)7-2/h12,14,18H,6-11H2,1-5H3. The van der Waals surface area contributed by atoms with Crippen LogP contribution in [0, 0.1) is 12.8 Å². The van der Waals surface area contributed by atoms with Crippen LogP contribution in [0.15, 0.2) is 4.47 Å². The van der Waals surface area contributed by atoms with E-state index in [1.54, 1.807) is 0 Å². The fraction of sp³-hybridized carbons (Fsp3) is 0.812. The van der Waals surface area contributed by atoms with Crippen molar-refractivity contribution in [2.24, 2.45) is 5.92 Å². The van der Waals surface area contributed by atoms with Crippen LogP contribution >= 0.6 is 27.7 Å². The Morgan fingerprint density at radius 2 is 2.00 bits per heavy atom. The van der Waals surface area contributed by atoms with Crippen LogP contribution in [0.4, 0.5) is 0 Å². The van der Waals surface area contributed by atoms with Crippen molar-refractivity contribution in [2.75, 3.05) is 18.1 Å². The molecule has 1 aromatic rings. The number of aryl methyl sites for hydroxylation is 2. The molecule has 1 rings (SSSR count). The predicted molar refractivity (Wildman–Crippen MR) is 98.3 cm³/mol. The Morgan fingerprint density at radius 1 is 1.29 bits per heavy atom. The average molecular weight is 376 g/mol. The molecule has 0 saturated heterocycles. The maximum absolute atomic E-state index is 4.61. The van der Waals surface area contributed by atoms with Crippen molar-refractivity contribution in [3.05, 3.63) is 15.9 Å². The summed E-state index contributed by atoms with van der Waals surface area (Å²) in [6, 6.07) is 0.520. The van der Waals surface area contributed by atoms with Gasteiger partial charge in [0.15, 0.2) is 0 Å². The zero-order chi connectivity index (χ0) is 15.8. The van der Waals surface area contributed by atoms with Gasteiger partial charge < -0.3 is 5.32 Å². The topological polar surface area (TPSA) is 29.9 Å². The summed E-state index contributed by atoms with van der Waals surface area (Å²) in [5, 5.41) is 8.30. The molecule has 1 N–H and O–H groups in total. The summed E-state index contributed by atoms with van der Waals surface area (Å²) >= 11 is 5.77. The first kappa shape index (κ1) is 19.0. The summed E-state index contributed by atoms with van der Waals surface area (Å²) in [7, 11) is 0. The number of hydrogen-bond acceptors (Lipinski definition) is 3. The molecule has 122 valence electrons. The van der Waals surface area contributed by atoms with Crippen LogP contribution in [0.5, 0.6) is 0 Å². The molecule has 3 nitrogen and oxygen atoms in total. The number of hydrogen-bond donors (Lipinski definition) is 1. The number of halogens is 1. The third kappa shape index (κ3) is 6.33. The molecule has 0 aliphatic heterocycles. The molecule has 1 atom stereocenters. The van der Waals surface area contributed by atoms with Crippen molar-refractivity contribution in [3.63, 3.8) is 0 Å². The van der Waals surface area contributed by atoms with Gasteiger partial charge >= 0.3 is 0 Å². The molecule has 1 aromatic heterocycles. The van der Waals surface area contributed by atoms with Gasteiger partial charge in [0.05, 0.1) is 15.9 Å². The van der Waals surface area contributed by atoms with E-state index in [1.807, 2.05) is 0 Å². The second kappa shape index (κ2) is 9.90. The largest absolute Gasteiger partial charge is 0.313 e. The fourth-order valence-corrected chi connectivity index (χ4v) is 3.86. The third-order valence-corrected chi connectivity index (χ3v) is 5.92. The van der Waals surface area contributed by atoms with E-state index in [2.05, 4.69) is 77.4 Å². The van der Waals surface area contributed by atoms with E-state index in [4.69, 9.17) is 0 Å². The predicted octanol–water partition coefficient (Wildman–Crippen LogP) is 4.27. The number of nitrogens with one attached hydrogen (secondary N) is 1. The number of rotatable bonds is 10. The Kier molecular flexibility index (Phi) is 8.98. The molecule has 0 aliphatic rings. The molecule has 5 heteroatoms. The number of aromatic nitrogens is 2. The minimum absolute atomic E-state index is 0.520. The Morgan fingerprint density at radius 3 is 2.57 bits per heavy atom. The van der Waals surface area contributed by atoms with Gasteiger partial charge in [0, 0.05) is 24.8 Å². The van der Waals surface area contributed by atoms with Gasteiger partial charge in [-0.3, -0.25) is 4.68 Å². The van der Waals surface area contributed by atoms with Crippen LogP contribution < -0.4 is 5.32 Å². The Balaban J connectivity index is 2.70. The summed E-state index contributed by atoms with van der Waals surface area (Å²) in [6.07, 6.45) is 2.22. The lowest BCUT2D eigenvalue weighted by atomic mass is 10.1. The summed E-state index contributed by atoms with van der Waals surface area (Å²) in [5.74, 6) is 3.16. The lowest BCUT2D eigenvalue weighted by Gasteiger charge is -2.19. The SMILES string of the molecule is CCCNC(CSCC(C)C)Cc1c(Br)c(C)nn1CC. The fourth-order valence-electron chi connectivity index (χ4n) is 2.28. The van der Waals surface area contributed by atoms with Crippen molar-refractivity contribution in [2.45, 2.75) is 60.0 Å². The van der Waals surface area contributed by atoms with Gasteiger partial charge in [-0.25, -0.2) is 0 Å². The molecule has 21 heavy (non-hydrogen) atoms. The van der Waals surface area contributed by atoms with Gasteiger partial charge in [0.25, 0.3) is 0 Å². The molecule has 0 bridgehead atoms. The van der Waals surface area contributed by atoms with E-state index in [0.717, 1.165) is 31.1 Å². The zero-order valence-corrected chi connectivity index (χ0v) is 16.5. The van der Waals surface area contributed by atoms with E-state index >= 15 is 0 Å². The van der Waals surface area contributed by atoms with E-state index < -0.39 is 0 Å². The van der Waals surface area contributed by atoms with Crippen LogP contribution in [-0.4, -0.2) is 33.9 Å². The molecule has 0 saturated carbocycles. The van der Waals surface area contributed by atoms with Gasteiger partial charge in [0.1, 0.15) is 0 Å². The first-order valence-corrected chi connectivity index (χ1v) is 9.97. The van der Waals surface area contributed by atoms with E-state index in [0.29, 0.717) is 6.04 Å². The number of nitrogens with zero attached hydrogens (tertiary/aromatic N) is 2. The molecule has 0 aliphatic carbocycles. The molecule has 0 aromatic carbocycles. The monoisotopic (exact) mass is 375 g/mol. The van der Waals surface area contributed by atoms with Gasteiger partial charge in [0.2, 0.25) is 0 Å². The normalized spacial score (nSPS) is 13.1. The summed E-state index contributed by atoms with van der Waals surface area (Å²) in [6.45, 7) is 13.0. The van der Waals surface area contributed by atoms with Crippen LogP contribution in [-0.2, 0) is 13.0 Å². The van der Waals surface area contributed by atoms with Crippen LogP contribution in [0.1, 0.15) is 45.5 Å². The summed E-state index contributed by atoms with van der Waals surface area (Å²) < 4.78 is 3.31. The smallest absolute Gasteiger partial charge is 0.0738 e. The van der Waals surface area contributed by atoms with E-state index in [9.17, 15) is 0 Å². The maximum atomic E-state index is 4.61. The first-order chi connectivity index (χ1) is 9.99. The molecule has 0 fully saturated rings. The third-order valence-electron chi connectivity index (χ3n) is 3.35. The van der Waals surface area contributed by atoms with Crippen LogP contribution in [0.3, 0.4) is 0 Å². The van der Waals surface area contributed by atoms with Crippen LogP contribution in [0.2, 0.25) is 0 Å². The summed E-state index contributed by atoms with van der Waals surface area (Å²) in [4.78, 5) is 0. The molecule has 1 heterocycles. The highest BCUT2D eigenvalue weighted by molar-refractivity contribution is 9.10. The minimum atomic E-state index is 0.520. The van der Waals surface area contributed by atoms with Crippen molar-refractivity contribution < 1.29 is 0 Å². The molecule has 0 amide bonds. The van der Waals surface area contributed by atoms with Gasteiger partial charge in [-0.05, 0) is 54.4 Å². The highest BCUT2D eigenvalue weighted by Crippen LogP contribution is 2.23. The molecule has 1 unspecified atom stereocenters. The van der Waals surface area contributed by atoms with Gasteiger partial charge in [-0.1, -0.05) is 20.8 Å². The quantitative estimate of drug-likeness (QED) is 0.661. The molecular weight excluding hydrogens is 346 g/mol. The lowest BCUT2D eigenvalue weighted by Crippen LogP contribution is -2.35. The second-order valence-corrected chi connectivity index (χ2v) is 7.82. The molecule has 0 radical (unpaired) electrons. The molecular formula is C16H30BrN3S. The first-order valence-electron chi connectivity index (χ1n) is 8.02. The van der Waals surface area contributed by atoms with Crippen molar-refractivity contribution in [1.29, 1.82) is 0 Å². The number of thioether (sulfide) groups is 1. The van der Waals surface area contributed by atoms with Crippen molar-refractivity contribution >= 4 is 27.7 Å². The highest BCUT2D eigenvalue weighted by Gasteiger charge is 2.17. The highest BCUT2D eigenvalue weighted by atomic mass is 79.9. The Labute approximate surface area is 142 Å². The average Bonchev–Trinajstić information content (AvgIpc) is 2.71. The Bertz CT molecular complexity index is 418. The van der Waals surface area contributed by atoms with Crippen molar-refractivity contribution in [1.82, 2.24) is 15.1 Å². The second-order valence-electron chi connectivity index (χ2n) is 5.95.